The van der Waals surface area contributed by atoms with Gasteiger partial charge in [0, 0.05) is 16.6 Å². The maximum atomic E-state index is 11.3. The molecule has 0 bridgehead atoms. The topological polar surface area (TPSA) is 42.2 Å². The molecule has 0 radical (unpaired) electrons. The van der Waals surface area contributed by atoms with Crippen molar-refractivity contribution in [2.75, 3.05) is 0 Å². The van der Waals surface area contributed by atoms with Crippen LogP contribution in [0.15, 0.2) is 30.5 Å². The second kappa shape index (κ2) is 4.41. The molecule has 2 aromatic rings. The summed E-state index contributed by atoms with van der Waals surface area (Å²) in [5, 5.41) is 10.8. The van der Waals surface area contributed by atoms with Gasteiger partial charge in [0.2, 0.25) is 0 Å². The Labute approximate surface area is 105 Å². The van der Waals surface area contributed by atoms with Gasteiger partial charge in [-0.15, -0.1) is 0 Å². The van der Waals surface area contributed by atoms with Gasteiger partial charge in [-0.25, -0.2) is 4.79 Å². The number of carboxylic acid groups (broad SMARTS) is 1. The first-order chi connectivity index (χ1) is 8.02. The van der Waals surface area contributed by atoms with Gasteiger partial charge in [0.25, 0.3) is 0 Å². The number of nitrogens with zero attached hydrogens (tertiary/aromatic N) is 1. The van der Waals surface area contributed by atoms with Gasteiger partial charge < -0.3 is 9.67 Å². The third kappa shape index (κ3) is 2.03. The van der Waals surface area contributed by atoms with Crippen LogP contribution in [0.4, 0.5) is 0 Å². The average Bonchev–Trinajstić information content (AvgIpc) is 2.63. The van der Waals surface area contributed by atoms with E-state index in [9.17, 15) is 9.90 Å². The summed E-state index contributed by atoms with van der Waals surface area (Å²) in [5.74, 6) is -0.806. The number of rotatable bonds is 3. The first kappa shape index (κ1) is 12.0. The number of hydrogen-bond donors (Lipinski definition) is 1. The Bertz CT molecular complexity index is 560. The lowest BCUT2D eigenvalue weighted by Crippen LogP contribution is -2.23. The molecule has 1 aromatic heterocycles. The predicted molar refractivity (Wildman–Crippen MR) is 68.5 cm³/mol. The number of aromatic nitrogens is 1. The molecule has 17 heavy (non-hydrogen) atoms. The molecule has 3 nitrogen and oxygen atoms in total. The first-order valence-corrected chi connectivity index (χ1v) is 5.88. The van der Waals surface area contributed by atoms with Gasteiger partial charge in [0.15, 0.2) is 0 Å². The maximum absolute atomic E-state index is 11.3. The number of benzene rings is 1. The van der Waals surface area contributed by atoms with E-state index in [1.54, 1.807) is 16.8 Å². The fraction of sp³-hybridized carbons (Fsp3) is 0.308. The van der Waals surface area contributed by atoms with Crippen molar-refractivity contribution in [3.63, 3.8) is 0 Å². The molecule has 0 aliphatic heterocycles. The minimum atomic E-state index is -0.822. The Morgan fingerprint density at radius 3 is 2.65 bits per heavy atom. The molecule has 0 aliphatic rings. The third-order valence-electron chi connectivity index (χ3n) is 2.89. The average molecular weight is 252 g/mol. The first-order valence-electron chi connectivity index (χ1n) is 5.50. The van der Waals surface area contributed by atoms with Gasteiger partial charge in [0.05, 0.1) is 5.52 Å². The molecule has 0 fully saturated rings. The molecule has 1 aromatic carbocycles. The molecule has 90 valence electrons. The summed E-state index contributed by atoms with van der Waals surface area (Å²) >= 11 is 6.07. The number of aliphatic carboxylic acids is 1. The molecule has 0 spiro atoms. The van der Waals surface area contributed by atoms with Gasteiger partial charge in [-0.05, 0) is 24.1 Å². The van der Waals surface area contributed by atoms with E-state index in [1.165, 1.54) is 0 Å². The summed E-state index contributed by atoms with van der Waals surface area (Å²) in [6.07, 6.45) is 1.79. The largest absolute Gasteiger partial charge is 0.480 e. The SMILES string of the molecule is CC(C)C(C(=O)O)n1ccc2c(Cl)cccc21. The zero-order valence-electron chi connectivity index (χ0n) is 9.72. The highest BCUT2D eigenvalue weighted by Gasteiger charge is 2.24. The monoisotopic (exact) mass is 251 g/mol. The lowest BCUT2D eigenvalue weighted by atomic mass is 10.0. The molecular weight excluding hydrogens is 238 g/mol. The van der Waals surface area contributed by atoms with E-state index >= 15 is 0 Å². The summed E-state index contributed by atoms with van der Waals surface area (Å²) in [6, 6.07) is 6.82. The van der Waals surface area contributed by atoms with Crippen molar-refractivity contribution in [3.05, 3.63) is 35.5 Å². The molecule has 0 saturated heterocycles. The predicted octanol–water partition coefficient (Wildman–Crippen LogP) is 3.58. The Morgan fingerprint density at radius 1 is 1.35 bits per heavy atom. The van der Waals surface area contributed by atoms with Crippen molar-refractivity contribution >= 4 is 28.5 Å². The Kier molecular flexibility index (Phi) is 3.11. The fourth-order valence-electron chi connectivity index (χ4n) is 2.12. The van der Waals surface area contributed by atoms with Gasteiger partial charge in [-0.1, -0.05) is 31.5 Å². The number of carbonyl (C=O) groups is 1. The van der Waals surface area contributed by atoms with E-state index < -0.39 is 12.0 Å². The highest BCUT2D eigenvalue weighted by Crippen LogP contribution is 2.29. The fourth-order valence-corrected chi connectivity index (χ4v) is 2.35. The molecule has 2 rings (SSSR count). The van der Waals surface area contributed by atoms with Gasteiger partial charge in [-0.2, -0.15) is 0 Å². The second-order valence-electron chi connectivity index (χ2n) is 4.42. The minimum Gasteiger partial charge on any atom is -0.480 e. The molecule has 0 aliphatic carbocycles. The van der Waals surface area contributed by atoms with E-state index in [4.69, 9.17) is 11.6 Å². The summed E-state index contributed by atoms with van der Waals surface area (Å²) in [7, 11) is 0. The van der Waals surface area contributed by atoms with Crippen LogP contribution in [-0.4, -0.2) is 15.6 Å². The van der Waals surface area contributed by atoms with E-state index in [0.717, 1.165) is 10.9 Å². The van der Waals surface area contributed by atoms with Crippen molar-refractivity contribution in [2.45, 2.75) is 19.9 Å². The number of carboxylic acids is 1. The summed E-state index contributed by atoms with van der Waals surface area (Å²) in [6.45, 7) is 3.80. The van der Waals surface area contributed by atoms with Crippen molar-refractivity contribution in [1.82, 2.24) is 4.57 Å². The molecule has 1 unspecified atom stereocenters. The normalized spacial score (nSPS) is 13.2. The van der Waals surface area contributed by atoms with Crippen molar-refractivity contribution in [2.24, 2.45) is 5.92 Å². The van der Waals surface area contributed by atoms with E-state index in [2.05, 4.69) is 0 Å². The molecule has 1 N–H and O–H groups in total. The van der Waals surface area contributed by atoms with Crippen LogP contribution in [0.2, 0.25) is 5.02 Å². The second-order valence-corrected chi connectivity index (χ2v) is 4.83. The molecule has 4 heteroatoms. The summed E-state index contributed by atoms with van der Waals surface area (Å²) in [4.78, 5) is 11.3. The van der Waals surface area contributed by atoms with Crippen molar-refractivity contribution < 1.29 is 9.90 Å². The molecule has 1 heterocycles. The van der Waals surface area contributed by atoms with Gasteiger partial charge in [0.1, 0.15) is 6.04 Å². The number of hydrogen-bond acceptors (Lipinski definition) is 1. The quantitative estimate of drug-likeness (QED) is 0.906. The highest BCUT2D eigenvalue weighted by molar-refractivity contribution is 6.35. The van der Waals surface area contributed by atoms with E-state index in [1.807, 2.05) is 32.0 Å². The van der Waals surface area contributed by atoms with Crippen molar-refractivity contribution in [3.8, 4) is 0 Å². The Morgan fingerprint density at radius 2 is 2.06 bits per heavy atom. The van der Waals surface area contributed by atoms with Crippen LogP contribution in [0.1, 0.15) is 19.9 Å². The standard InChI is InChI=1S/C13H14ClNO2/c1-8(2)12(13(16)17)15-7-6-9-10(14)4-3-5-11(9)15/h3-8,12H,1-2H3,(H,16,17). The highest BCUT2D eigenvalue weighted by atomic mass is 35.5. The van der Waals surface area contributed by atoms with Gasteiger partial charge in [-0.3, -0.25) is 0 Å². The van der Waals surface area contributed by atoms with E-state index in [0.29, 0.717) is 5.02 Å². The van der Waals surface area contributed by atoms with Crippen LogP contribution in [0.3, 0.4) is 0 Å². The van der Waals surface area contributed by atoms with Crippen LogP contribution in [0, 0.1) is 5.92 Å². The zero-order valence-corrected chi connectivity index (χ0v) is 10.5. The molecular formula is C13H14ClNO2. The van der Waals surface area contributed by atoms with Crippen LogP contribution in [0.5, 0.6) is 0 Å². The van der Waals surface area contributed by atoms with Crippen LogP contribution in [-0.2, 0) is 4.79 Å². The lowest BCUT2D eigenvalue weighted by Gasteiger charge is -2.19. The molecule has 0 saturated carbocycles. The summed E-state index contributed by atoms with van der Waals surface area (Å²) in [5.41, 5.74) is 0.860. The van der Waals surface area contributed by atoms with Gasteiger partial charge >= 0.3 is 5.97 Å². The molecule has 0 amide bonds. The summed E-state index contributed by atoms with van der Waals surface area (Å²) < 4.78 is 1.77. The van der Waals surface area contributed by atoms with Crippen LogP contribution >= 0.6 is 11.6 Å². The third-order valence-corrected chi connectivity index (χ3v) is 3.22. The van der Waals surface area contributed by atoms with Crippen LogP contribution in [0.25, 0.3) is 10.9 Å². The molecule has 1 atom stereocenters. The Balaban J connectivity index is 2.62. The Hall–Kier alpha value is -1.48. The minimum absolute atomic E-state index is 0.0158. The van der Waals surface area contributed by atoms with Crippen LogP contribution < -0.4 is 0 Å². The zero-order chi connectivity index (χ0) is 12.6. The lowest BCUT2D eigenvalue weighted by molar-refractivity contribution is -0.142. The van der Waals surface area contributed by atoms with Crippen molar-refractivity contribution in [1.29, 1.82) is 0 Å². The smallest absolute Gasteiger partial charge is 0.326 e. The number of fused-ring (bicyclic) bond motifs is 1. The van der Waals surface area contributed by atoms with E-state index in [-0.39, 0.29) is 5.92 Å². The maximum Gasteiger partial charge on any atom is 0.326 e. The number of halogens is 1.